The molecule has 0 aliphatic rings. The lowest BCUT2D eigenvalue weighted by atomic mass is 10.1. The first-order valence-electron chi connectivity index (χ1n) is 6.27. The third-order valence-electron chi connectivity index (χ3n) is 3.07. The zero-order valence-electron chi connectivity index (χ0n) is 11.3. The number of carboxylic acid groups (broad SMARTS) is 1. The fourth-order valence-electron chi connectivity index (χ4n) is 1.97. The van der Waals surface area contributed by atoms with Gasteiger partial charge in [0.2, 0.25) is 0 Å². The van der Waals surface area contributed by atoms with E-state index in [4.69, 9.17) is 16.7 Å². The van der Waals surface area contributed by atoms with E-state index >= 15 is 0 Å². The lowest BCUT2D eigenvalue weighted by molar-refractivity contribution is 0.0696. The number of aromatic carboxylic acids is 1. The minimum atomic E-state index is -1.05. The van der Waals surface area contributed by atoms with Crippen LogP contribution in [0.15, 0.2) is 30.5 Å². The first-order chi connectivity index (χ1) is 9.52. The Hall–Kier alpha value is -2.07. The van der Waals surface area contributed by atoms with Gasteiger partial charge in [0.25, 0.3) is 0 Å². The Balaban J connectivity index is 2.38. The van der Waals surface area contributed by atoms with Crippen molar-refractivity contribution in [1.82, 2.24) is 4.98 Å². The predicted octanol–water partition coefficient (Wildman–Crippen LogP) is 4.05. The quantitative estimate of drug-likeness (QED) is 0.892. The van der Waals surface area contributed by atoms with Gasteiger partial charge in [-0.3, -0.25) is 0 Å². The molecule has 104 valence electrons. The van der Waals surface area contributed by atoms with E-state index in [0.29, 0.717) is 5.82 Å². The Bertz CT molecular complexity index is 656. The largest absolute Gasteiger partial charge is 0.478 e. The monoisotopic (exact) mass is 290 g/mol. The van der Waals surface area contributed by atoms with Gasteiger partial charge in [0, 0.05) is 11.9 Å². The van der Waals surface area contributed by atoms with Crippen LogP contribution in [0.4, 0.5) is 11.5 Å². The van der Waals surface area contributed by atoms with Crippen molar-refractivity contribution in [3.05, 3.63) is 52.2 Å². The maximum atomic E-state index is 10.9. The second kappa shape index (κ2) is 5.92. The summed E-state index contributed by atoms with van der Waals surface area (Å²) in [5.41, 5.74) is 3.28. The standard InChI is InChI=1S/C15H15ClN2O2/c1-3-10-6-4-5-9(2)13(10)18-14-12(16)7-11(8-17-14)15(19)20/h4-8H,3H2,1-2H3,(H,17,18)(H,19,20). The topological polar surface area (TPSA) is 62.2 Å². The van der Waals surface area contributed by atoms with Crippen molar-refractivity contribution in [3.63, 3.8) is 0 Å². The van der Waals surface area contributed by atoms with Gasteiger partial charge in [-0.15, -0.1) is 0 Å². The van der Waals surface area contributed by atoms with E-state index in [9.17, 15) is 4.79 Å². The molecule has 0 aliphatic heterocycles. The van der Waals surface area contributed by atoms with Crippen LogP contribution in [-0.4, -0.2) is 16.1 Å². The van der Waals surface area contributed by atoms with Gasteiger partial charge in [-0.25, -0.2) is 9.78 Å². The Morgan fingerprint density at radius 2 is 2.20 bits per heavy atom. The maximum Gasteiger partial charge on any atom is 0.337 e. The van der Waals surface area contributed by atoms with Gasteiger partial charge < -0.3 is 10.4 Å². The normalized spacial score (nSPS) is 10.3. The van der Waals surface area contributed by atoms with E-state index in [-0.39, 0.29) is 10.6 Å². The smallest absolute Gasteiger partial charge is 0.337 e. The second-order valence-electron chi connectivity index (χ2n) is 4.45. The van der Waals surface area contributed by atoms with Crippen LogP contribution >= 0.6 is 11.6 Å². The molecule has 1 aromatic carbocycles. The number of nitrogens with one attached hydrogen (secondary N) is 1. The van der Waals surface area contributed by atoms with Crippen LogP contribution in [0, 0.1) is 6.92 Å². The molecule has 0 bridgehead atoms. The molecule has 1 heterocycles. The average molecular weight is 291 g/mol. The Morgan fingerprint density at radius 3 is 2.80 bits per heavy atom. The number of aromatic nitrogens is 1. The number of nitrogens with zero attached hydrogens (tertiary/aromatic N) is 1. The lowest BCUT2D eigenvalue weighted by Crippen LogP contribution is -2.03. The zero-order valence-corrected chi connectivity index (χ0v) is 12.0. The molecular weight excluding hydrogens is 276 g/mol. The first-order valence-corrected chi connectivity index (χ1v) is 6.65. The summed E-state index contributed by atoms with van der Waals surface area (Å²) in [6.07, 6.45) is 2.18. The molecule has 0 radical (unpaired) electrons. The van der Waals surface area contributed by atoms with E-state index in [2.05, 4.69) is 17.2 Å². The number of carboxylic acids is 1. The highest BCUT2D eigenvalue weighted by atomic mass is 35.5. The Kier molecular flexibility index (Phi) is 4.25. The summed E-state index contributed by atoms with van der Waals surface area (Å²) in [6, 6.07) is 7.43. The van der Waals surface area contributed by atoms with E-state index in [1.807, 2.05) is 25.1 Å². The molecule has 0 unspecified atom stereocenters. The molecule has 0 aliphatic carbocycles. The molecule has 0 fully saturated rings. The summed E-state index contributed by atoms with van der Waals surface area (Å²) in [7, 11) is 0. The lowest BCUT2D eigenvalue weighted by Gasteiger charge is -2.14. The maximum absolute atomic E-state index is 10.9. The van der Waals surface area contributed by atoms with Crippen LogP contribution in [0.5, 0.6) is 0 Å². The number of benzene rings is 1. The van der Waals surface area contributed by atoms with Crippen LogP contribution in [0.25, 0.3) is 0 Å². The fraction of sp³-hybridized carbons (Fsp3) is 0.200. The summed E-state index contributed by atoms with van der Waals surface area (Å²) in [5, 5.41) is 12.4. The second-order valence-corrected chi connectivity index (χ2v) is 4.85. The van der Waals surface area contributed by atoms with Crippen molar-refractivity contribution >= 4 is 29.1 Å². The van der Waals surface area contributed by atoms with Crippen molar-refractivity contribution in [3.8, 4) is 0 Å². The first kappa shape index (κ1) is 14.3. The molecule has 0 saturated heterocycles. The highest BCUT2D eigenvalue weighted by Crippen LogP contribution is 2.28. The number of rotatable bonds is 4. The van der Waals surface area contributed by atoms with Crippen LogP contribution in [-0.2, 0) is 6.42 Å². The van der Waals surface area contributed by atoms with Crippen LogP contribution in [0.1, 0.15) is 28.4 Å². The molecule has 20 heavy (non-hydrogen) atoms. The summed E-state index contributed by atoms with van der Waals surface area (Å²) in [4.78, 5) is 14.9. The molecule has 2 rings (SSSR count). The van der Waals surface area contributed by atoms with E-state index < -0.39 is 5.97 Å². The molecule has 5 heteroatoms. The van der Waals surface area contributed by atoms with Crippen LogP contribution < -0.4 is 5.32 Å². The molecule has 1 aromatic heterocycles. The van der Waals surface area contributed by atoms with E-state index in [0.717, 1.165) is 23.2 Å². The number of hydrogen-bond donors (Lipinski definition) is 2. The third kappa shape index (κ3) is 2.91. The van der Waals surface area contributed by atoms with Crippen molar-refractivity contribution in [1.29, 1.82) is 0 Å². The highest BCUT2D eigenvalue weighted by molar-refractivity contribution is 6.33. The SMILES string of the molecule is CCc1cccc(C)c1Nc1ncc(C(=O)O)cc1Cl. The number of aryl methyl sites for hydroxylation is 2. The van der Waals surface area contributed by atoms with Gasteiger partial charge in [0.1, 0.15) is 5.82 Å². The van der Waals surface area contributed by atoms with Crippen molar-refractivity contribution < 1.29 is 9.90 Å². The fourth-order valence-corrected chi connectivity index (χ4v) is 2.18. The molecule has 2 N–H and O–H groups in total. The van der Waals surface area contributed by atoms with Crippen molar-refractivity contribution in [2.24, 2.45) is 0 Å². The number of halogens is 1. The molecule has 0 atom stereocenters. The van der Waals surface area contributed by atoms with E-state index in [1.165, 1.54) is 12.3 Å². The molecule has 2 aromatic rings. The van der Waals surface area contributed by atoms with Crippen molar-refractivity contribution in [2.45, 2.75) is 20.3 Å². The highest BCUT2D eigenvalue weighted by Gasteiger charge is 2.11. The van der Waals surface area contributed by atoms with Gasteiger partial charge in [-0.05, 0) is 30.5 Å². The van der Waals surface area contributed by atoms with Crippen LogP contribution in [0.3, 0.4) is 0 Å². The zero-order chi connectivity index (χ0) is 14.7. The number of hydrogen-bond acceptors (Lipinski definition) is 3. The van der Waals surface area contributed by atoms with Gasteiger partial charge in [0.05, 0.1) is 10.6 Å². The van der Waals surface area contributed by atoms with Gasteiger partial charge in [0.15, 0.2) is 0 Å². The summed E-state index contributed by atoms with van der Waals surface area (Å²) >= 11 is 6.08. The Labute approximate surface area is 122 Å². The minimum Gasteiger partial charge on any atom is -0.478 e. The Morgan fingerprint density at radius 1 is 1.45 bits per heavy atom. The molecule has 0 amide bonds. The summed E-state index contributed by atoms with van der Waals surface area (Å²) < 4.78 is 0. The van der Waals surface area contributed by atoms with Gasteiger partial charge >= 0.3 is 5.97 Å². The summed E-state index contributed by atoms with van der Waals surface area (Å²) in [6.45, 7) is 4.07. The van der Waals surface area contributed by atoms with Crippen LogP contribution in [0.2, 0.25) is 5.02 Å². The third-order valence-corrected chi connectivity index (χ3v) is 3.36. The molecule has 0 spiro atoms. The number of para-hydroxylation sites is 1. The number of carbonyl (C=O) groups is 1. The molecular formula is C15H15ClN2O2. The van der Waals surface area contributed by atoms with Gasteiger partial charge in [-0.1, -0.05) is 36.7 Å². The number of anilines is 2. The van der Waals surface area contributed by atoms with Gasteiger partial charge in [-0.2, -0.15) is 0 Å². The molecule has 0 saturated carbocycles. The van der Waals surface area contributed by atoms with E-state index in [1.54, 1.807) is 0 Å². The number of pyridine rings is 1. The summed E-state index contributed by atoms with van der Waals surface area (Å²) in [5.74, 6) is -0.586. The predicted molar refractivity (Wildman–Crippen MR) is 80.0 cm³/mol. The minimum absolute atomic E-state index is 0.0704. The molecule has 4 nitrogen and oxygen atoms in total. The average Bonchev–Trinajstić information content (AvgIpc) is 2.42. The van der Waals surface area contributed by atoms with Crippen molar-refractivity contribution in [2.75, 3.05) is 5.32 Å².